The van der Waals surface area contributed by atoms with Gasteiger partial charge in [-0.05, 0) is 121 Å². The minimum atomic E-state index is -0.248. The molecule has 0 atom stereocenters. The molecule has 2 aliphatic heterocycles. The average molecular weight is 959 g/mol. The van der Waals surface area contributed by atoms with E-state index in [1.165, 1.54) is 22.5 Å². The van der Waals surface area contributed by atoms with E-state index < -0.39 is 0 Å². The predicted octanol–water partition coefficient (Wildman–Crippen LogP) is 12.9. The zero-order chi connectivity index (χ0) is 45.5. The molecule has 0 radical (unpaired) electrons. The number of nitrogens with zero attached hydrogens (tertiary/aromatic N) is 6. The number of anilines is 2. The number of furan rings is 2. The zero-order valence-corrected chi connectivity index (χ0v) is 39.7. The first kappa shape index (κ1) is 44.2. The lowest BCUT2D eigenvalue weighted by atomic mass is 10.1. The normalized spacial score (nSPS) is 14.9. The number of hydrogen-bond acceptors (Lipinski definition) is 7. The van der Waals surface area contributed by atoms with E-state index in [0.717, 1.165) is 111 Å². The van der Waals surface area contributed by atoms with Gasteiger partial charge in [-0.25, -0.2) is 0 Å². The first-order valence-corrected chi connectivity index (χ1v) is 23.7. The van der Waals surface area contributed by atoms with Crippen LogP contribution in [0.1, 0.15) is 38.8 Å². The molecule has 0 unspecified atom stereocenters. The summed E-state index contributed by atoms with van der Waals surface area (Å²) in [5.74, 6) is 0.362. The van der Waals surface area contributed by atoms with Gasteiger partial charge in [-0.15, -0.1) is 0 Å². The van der Waals surface area contributed by atoms with Crippen LogP contribution in [0, 0.1) is 13.8 Å². The summed E-state index contributed by atoms with van der Waals surface area (Å²) in [6, 6.07) is 40.3. The van der Waals surface area contributed by atoms with Crippen LogP contribution in [0.5, 0.6) is 0 Å². The molecule has 336 valence electrons. The van der Waals surface area contributed by atoms with Crippen LogP contribution in [-0.2, 0) is 13.1 Å². The maximum Gasteiger partial charge on any atom is 0.267 e. The third-order valence-corrected chi connectivity index (χ3v) is 14.1. The van der Waals surface area contributed by atoms with Gasteiger partial charge in [-0.2, -0.15) is 0 Å². The third-order valence-electron chi connectivity index (χ3n) is 13.1. The first-order chi connectivity index (χ1) is 32.1. The molecule has 0 saturated carbocycles. The molecule has 2 saturated heterocycles. The van der Waals surface area contributed by atoms with E-state index in [4.69, 9.17) is 55.2 Å². The van der Waals surface area contributed by atoms with Crippen LogP contribution in [-0.4, -0.2) is 77.1 Å². The smallest absolute Gasteiger partial charge is 0.267 e. The molecule has 0 spiro atoms. The lowest BCUT2D eigenvalue weighted by molar-refractivity contribution is 0.0984. The number of carbonyl (C=O) groups is 1. The summed E-state index contributed by atoms with van der Waals surface area (Å²) < 4.78 is 16.5. The van der Waals surface area contributed by atoms with Crippen LogP contribution >= 0.6 is 46.4 Å². The highest BCUT2D eigenvalue weighted by Gasteiger charge is 2.31. The van der Waals surface area contributed by atoms with Gasteiger partial charge in [0.2, 0.25) is 11.5 Å². The number of benzene rings is 4. The van der Waals surface area contributed by atoms with Crippen LogP contribution in [0.2, 0.25) is 20.1 Å². The lowest BCUT2D eigenvalue weighted by Crippen LogP contribution is -2.46. The monoisotopic (exact) mass is 956 g/mol. The Morgan fingerprint density at radius 2 is 0.803 bits per heavy atom. The van der Waals surface area contributed by atoms with Crippen molar-refractivity contribution in [1.82, 2.24) is 18.9 Å². The van der Waals surface area contributed by atoms with Crippen molar-refractivity contribution in [3.8, 4) is 33.9 Å². The molecule has 10 rings (SSSR count). The maximum atomic E-state index is 14.3. The van der Waals surface area contributed by atoms with Crippen molar-refractivity contribution >= 4 is 63.6 Å². The molecule has 0 N–H and O–H groups in total. The second-order valence-corrected chi connectivity index (χ2v) is 18.8. The summed E-state index contributed by atoms with van der Waals surface area (Å²) >= 11 is 25.1. The number of halogens is 4. The molecule has 2 aliphatic rings. The van der Waals surface area contributed by atoms with E-state index in [1.54, 1.807) is 12.5 Å². The number of piperazine rings is 2. The van der Waals surface area contributed by atoms with E-state index in [-0.39, 0.29) is 5.78 Å². The summed E-state index contributed by atoms with van der Waals surface area (Å²) in [6.07, 6.45) is 3.22. The van der Waals surface area contributed by atoms with Gasteiger partial charge in [-0.3, -0.25) is 14.6 Å². The zero-order valence-electron chi connectivity index (χ0n) is 36.7. The van der Waals surface area contributed by atoms with Crippen LogP contribution < -0.4 is 9.80 Å². The fraction of sp³-hybridized carbons (Fsp3) is 0.226. The molecule has 4 aromatic heterocycles. The van der Waals surface area contributed by atoms with E-state index in [9.17, 15) is 4.79 Å². The second-order valence-electron chi connectivity index (χ2n) is 17.0. The van der Waals surface area contributed by atoms with Crippen molar-refractivity contribution in [2.75, 3.05) is 62.2 Å². The summed E-state index contributed by atoms with van der Waals surface area (Å²) in [7, 11) is 0. The Hall–Kier alpha value is -5.65. The largest absolute Gasteiger partial charge is 0.458 e. The molecular formula is C53H48Cl4N6O3. The highest BCUT2D eigenvalue weighted by atomic mass is 35.5. The number of hydrogen-bond donors (Lipinski definition) is 0. The average Bonchev–Trinajstić information content (AvgIpc) is 4.15. The Morgan fingerprint density at radius 3 is 1.15 bits per heavy atom. The minimum Gasteiger partial charge on any atom is -0.458 e. The standard InChI is InChI=1S/C53H48Cl4N6O3/c1-35-39(31-49(37-3-7-41(54)8-4-37)62(35)45-15-11-43(56)12-16-45)33-58-21-25-60(26-22-58)47-19-29-65-52(47)51(64)53-48(20-30-66-53)61-27-23-59(24-28-61)34-40-32-50(38-5-9-42(55)10-6-38)63(36(40)2)46-17-13-44(57)14-18-46/h3-20,29-32H,21-28,33-34H2,1-2H3. The molecule has 9 nitrogen and oxygen atoms in total. The fourth-order valence-electron chi connectivity index (χ4n) is 9.47. The first-order valence-electron chi connectivity index (χ1n) is 22.2. The molecule has 0 aliphatic carbocycles. The van der Waals surface area contributed by atoms with Crippen LogP contribution in [0.4, 0.5) is 11.4 Å². The van der Waals surface area contributed by atoms with Gasteiger partial charge in [-0.1, -0.05) is 70.7 Å². The van der Waals surface area contributed by atoms with Crippen molar-refractivity contribution in [2.24, 2.45) is 0 Å². The molecule has 0 bridgehead atoms. The predicted molar refractivity (Wildman–Crippen MR) is 268 cm³/mol. The quantitative estimate of drug-likeness (QED) is 0.113. The Bertz CT molecular complexity index is 2770. The van der Waals surface area contributed by atoms with Gasteiger partial charge in [0, 0.05) is 120 Å². The lowest BCUT2D eigenvalue weighted by Gasteiger charge is -2.36. The van der Waals surface area contributed by atoms with E-state index in [2.05, 4.69) is 103 Å². The Balaban J connectivity index is 0.795. The van der Waals surface area contributed by atoms with Gasteiger partial charge in [0.1, 0.15) is 0 Å². The SMILES string of the molecule is Cc1c(CN2CCN(c3ccoc3C(=O)c3occc3N3CCN(Cc4cc(-c5ccc(Cl)cc5)n(-c5ccc(Cl)cc5)c4C)CC3)CC2)cc(-c2ccc(Cl)cc2)n1-c1ccc(Cl)cc1. The number of rotatable bonds is 12. The number of carbonyl (C=O) groups excluding carboxylic acids is 1. The van der Waals surface area contributed by atoms with E-state index in [0.29, 0.717) is 31.6 Å². The molecule has 66 heavy (non-hydrogen) atoms. The molecule has 13 heteroatoms. The number of ketones is 1. The molecule has 4 aromatic carbocycles. The van der Waals surface area contributed by atoms with Crippen molar-refractivity contribution < 1.29 is 13.6 Å². The van der Waals surface area contributed by atoms with E-state index in [1.807, 2.05) is 60.7 Å². The molecule has 6 heterocycles. The molecule has 2 fully saturated rings. The summed E-state index contributed by atoms with van der Waals surface area (Å²) in [4.78, 5) is 23.7. The summed E-state index contributed by atoms with van der Waals surface area (Å²) in [5, 5.41) is 2.81. The van der Waals surface area contributed by atoms with Crippen molar-refractivity contribution in [1.29, 1.82) is 0 Å². The van der Waals surface area contributed by atoms with Crippen molar-refractivity contribution in [3.05, 3.63) is 188 Å². The fourth-order valence-corrected chi connectivity index (χ4v) is 9.97. The summed E-state index contributed by atoms with van der Waals surface area (Å²) in [5.41, 5.74) is 12.9. The van der Waals surface area contributed by atoms with Crippen LogP contribution in [0.25, 0.3) is 33.9 Å². The Morgan fingerprint density at radius 1 is 0.470 bits per heavy atom. The molecular weight excluding hydrogens is 910 g/mol. The molecule has 8 aromatic rings. The van der Waals surface area contributed by atoms with E-state index >= 15 is 0 Å². The highest BCUT2D eigenvalue weighted by Crippen LogP contribution is 2.36. The highest BCUT2D eigenvalue weighted by molar-refractivity contribution is 6.31. The van der Waals surface area contributed by atoms with Crippen molar-refractivity contribution in [3.63, 3.8) is 0 Å². The Labute approximate surface area is 404 Å². The van der Waals surface area contributed by atoms with Gasteiger partial charge in [0.05, 0.1) is 35.3 Å². The minimum absolute atomic E-state index is 0.248. The van der Waals surface area contributed by atoms with Crippen LogP contribution in [0.15, 0.2) is 143 Å². The summed E-state index contributed by atoms with van der Waals surface area (Å²) in [6.45, 7) is 12.2. The number of aromatic nitrogens is 2. The van der Waals surface area contributed by atoms with Gasteiger partial charge >= 0.3 is 0 Å². The molecule has 0 amide bonds. The Kier molecular flexibility index (Phi) is 12.7. The maximum absolute atomic E-state index is 14.3. The van der Waals surface area contributed by atoms with Crippen molar-refractivity contribution in [2.45, 2.75) is 26.9 Å². The van der Waals surface area contributed by atoms with Gasteiger partial charge in [0.15, 0.2) is 0 Å². The van der Waals surface area contributed by atoms with Crippen LogP contribution in [0.3, 0.4) is 0 Å². The second kappa shape index (κ2) is 18.9. The topological polar surface area (TPSA) is 66.2 Å². The van der Waals surface area contributed by atoms with Gasteiger partial charge < -0.3 is 27.8 Å². The van der Waals surface area contributed by atoms with Gasteiger partial charge in [0.25, 0.3) is 5.78 Å². The third kappa shape index (κ3) is 8.96.